The zero-order valence-corrected chi connectivity index (χ0v) is 9.06. The van der Waals surface area contributed by atoms with Crippen LogP contribution >= 0.6 is 0 Å². The van der Waals surface area contributed by atoms with E-state index in [0.29, 0.717) is 6.42 Å². The number of hydrogen-bond donors (Lipinski definition) is 0. The first kappa shape index (κ1) is 10.7. The fourth-order valence-electron chi connectivity index (χ4n) is 1.59. The van der Waals surface area contributed by atoms with Gasteiger partial charge < -0.3 is 4.74 Å². The second-order valence-electron chi connectivity index (χ2n) is 3.69. The first-order valence-electron chi connectivity index (χ1n) is 5.46. The van der Waals surface area contributed by atoms with Crippen LogP contribution in [-0.4, -0.2) is 5.97 Å². The minimum absolute atomic E-state index is 0.113. The Morgan fingerprint density at radius 3 is 2.69 bits per heavy atom. The molecule has 1 aromatic carbocycles. The number of carbonyl (C=O) groups excluding carboxylic acids is 1. The Morgan fingerprint density at radius 1 is 1.19 bits per heavy atom. The normalized spacial score (nSPS) is 18.2. The van der Waals surface area contributed by atoms with Crippen LogP contribution in [0, 0.1) is 0 Å². The molecular formula is C14H14O2. The molecule has 1 saturated heterocycles. The molecule has 1 heterocycles. The first-order chi connectivity index (χ1) is 7.84. The van der Waals surface area contributed by atoms with E-state index in [0.717, 1.165) is 18.6 Å². The highest BCUT2D eigenvalue weighted by Crippen LogP contribution is 2.18. The number of hydrogen-bond acceptors (Lipinski definition) is 2. The average Bonchev–Trinajstić information content (AvgIpc) is 2.72. The molecule has 0 amide bonds. The molecular weight excluding hydrogens is 200 g/mol. The van der Waals surface area contributed by atoms with E-state index in [4.69, 9.17) is 4.74 Å². The van der Waals surface area contributed by atoms with Crippen molar-refractivity contribution in [2.45, 2.75) is 19.3 Å². The van der Waals surface area contributed by atoms with E-state index in [2.05, 4.69) is 24.3 Å². The Bertz CT molecular complexity index is 416. The van der Waals surface area contributed by atoms with E-state index in [9.17, 15) is 4.79 Å². The van der Waals surface area contributed by atoms with Crippen LogP contribution in [0.1, 0.15) is 24.8 Å². The summed E-state index contributed by atoms with van der Waals surface area (Å²) >= 11 is 0. The van der Waals surface area contributed by atoms with Crippen LogP contribution in [-0.2, 0) is 9.53 Å². The van der Waals surface area contributed by atoms with Gasteiger partial charge in [0.1, 0.15) is 5.76 Å². The third-order valence-corrected chi connectivity index (χ3v) is 2.41. The lowest BCUT2D eigenvalue weighted by Crippen LogP contribution is -1.88. The van der Waals surface area contributed by atoms with E-state index in [1.54, 1.807) is 0 Å². The van der Waals surface area contributed by atoms with Crippen LogP contribution in [0.15, 0.2) is 48.2 Å². The van der Waals surface area contributed by atoms with Crippen molar-refractivity contribution in [3.05, 3.63) is 53.8 Å². The van der Waals surface area contributed by atoms with Gasteiger partial charge in [0.05, 0.1) is 6.42 Å². The van der Waals surface area contributed by atoms with E-state index in [1.807, 2.05) is 24.3 Å². The van der Waals surface area contributed by atoms with Crippen LogP contribution in [0.4, 0.5) is 0 Å². The molecule has 0 spiro atoms. The monoisotopic (exact) mass is 214 g/mol. The standard InChI is InChI=1S/C14H14O2/c15-14-11-10-13(16-14)9-5-4-8-12-6-2-1-3-7-12/h1-4,6-9H,5,10-11H2/b8-4+,13-9+. The summed E-state index contributed by atoms with van der Waals surface area (Å²) in [4.78, 5) is 10.8. The van der Waals surface area contributed by atoms with Gasteiger partial charge >= 0.3 is 5.97 Å². The van der Waals surface area contributed by atoms with Gasteiger partial charge in [-0.05, 0) is 18.1 Å². The first-order valence-corrected chi connectivity index (χ1v) is 5.46. The van der Waals surface area contributed by atoms with Gasteiger partial charge in [-0.2, -0.15) is 0 Å². The van der Waals surface area contributed by atoms with Crippen LogP contribution < -0.4 is 0 Å². The molecule has 0 aromatic heterocycles. The summed E-state index contributed by atoms with van der Waals surface area (Å²) in [7, 11) is 0. The summed E-state index contributed by atoms with van der Waals surface area (Å²) in [5.74, 6) is 0.695. The molecule has 0 bridgehead atoms. The predicted octanol–water partition coefficient (Wildman–Crippen LogP) is 3.31. The minimum Gasteiger partial charge on any atom is -0.431 e. The fourth-order valence-corrected chi connectivity index (χ4v) is 1.59. The molecule has 0 aliphatic carbocycles. The zero-order chi connectivity index (χ0) is 11.2. The Hall–Kier alpha value is -1.83. The molecule has 0 atom stereocenters. The molecule has 2 nitrogen and oxygen atoms in total. The second-order valence-corrected chi connectivity index (χ2v) is 3.69. The Balaban J connectivity index is 1.84. The van der Waals surface area contributed by atoms with Gasteiger partial charge in [0.2, 0.25) is 0 Å². The summed E-state index contributed by atoms with van der Waals surface area (Å²) in [6, 6.07) is 10.1. The van der Waals surface area contributed by atoms with Gasteiger partial charge in [-0.25, -0.2) is 0 Å². The summed E-state index contributed by atoms with van der Waals surface area (Å²) in [6.07, 6.45) is 8.16. The van der Waals surface area contributed by atoms with Gasteiger partial charge in [0.25, 0.3) is 0 Å². The van der Waals surface area contributed by atoms with Gasteiger partial charge in [-0.15, -0.1) is 0 Å². The van der Waals surface area contributed by atoms with E-state index in [-0.39, 0.29) is 5.97 Å². The highest BCUT2D eigenvalue weighted by atomic mass is 16.5. The Morgan fingerprint density at radius 2 is 2.00 bits per heavy atom. The van der Waals surface area contributed by atoms with Crippen molar-refractivity contribution in [3.8, 4) is 0 Å². The van der Waals surface area contributed by atoms with Crippen molar-refractivity contribution in [2.24, 2.45) is 0 Å². The molecule has 0 unspecified atom stereocenters. The summed E-state index contributed by atoms with van der Waals surface area (Å²) in [6.45, 7) is 0. The van der Waals surface area contributed by atoms with Crippen LogP contribution in [0.25, 0.3) is 6.08 Å². The van der Waals surface area contributed by atoms with Crippen molar-refractivity contribution in [3.63, 3.8) is 0 Å². The second kappa shape index (κ2) is 5.31. The smallest absolute Gasteiger partial charge is 0.311 e. The van der Waals surface area contributed by atoms with Crippen molar-refractivity contribution in [1.29, 1.82) is 0 Å². The Labute approximate surface area is 95.2 Å². The van der Waals surface area contributed by atoms with Gasteiger partial charge in [-0.3, -0.25) is 4.79 Å². The minimum atomic E-state index is -0.113. The maximum absolute atomic E-state index is 10.8. The molecule has 1 aliphatic heterocycles. The van der Waals surface area contributed by atoms with E-state index >= 15 is 0 Å². The van der Waals surface area contributed by atoms with Crippen LogP contribution in [0.3, 0.4) is 0 Å². The number of allylic oxidation sites excluding steroid dienone is 3. The maximum Gasteiger partial charge on any atom is 0.311 e. The molecule has 0 N–H and O–H groups in total. The number of carbonyl (C=O) groups is 1. The molecule has 1 fully saturated rings. The molecule has 2 heteroatoms. The fraction of sp³-hybridized carbons (Fsp3) is 0.214. The van der Waals surface area contributed by atoms with E-state index < -0.39 is 0 Å². The van der Waals surface area contributed by atoms with Crippen molar-refractivity contribution in [2.75, 3.05) is 0 Å². The van der Waals surface area contributed by atoms with Crippen molar-refractivity contribution < 1.29 is 9.53 Å². The average molecular weight is 214 g/mol. The van der Waals surface area contributed by atoms with Gasteiger partial charge in [0, 0.05) is 6.42 Å². The largest absolute Gasteiger partial charge is 0.431 e. The number of esters is 1. The molecule has 1 aromatic rings. The molecule has 0 saturated carbocycles. The molecule has 16 heavy (non-hydrogen) atoms. The summed E-state index contributed by atoms with van der Waals surface area (Å²) in [5.41, 5.74) is 1.18. The highest BCUT2D eigenvalue weighted by molar-refractivity contribution is 5.73. The third kappa shape index (κ3) is 3.09. The summed E-state index contributed by atoms with van der Waals surface area (Å²) < 4.78 is 5.00. The zero-order valence-electron chi connectivity index (χ0n) is 9.06. The highest BCUT2D eigenvalue weighted by Gasteiger charge is 2.15. The lowest BCUT2D eigenvalue weighted by molar-refractivity contribution is -0.135. The lowest BCUT2D eigenvalue weighted by atomic mass is 10.2. The van der Waals surface area contributed by atoms with Gasteiger partial charge in [-0.1, -0.05) is 42.5 Å². The Kier molecular flexibility index (Phi) is 3.54. The number of ether oxygens (including phenoxy) is 1. The SMILES string of the molecule is O=C1CC/C(=C\C/C=C/c2ccccc2)O1. The van der Waals surface area contributed by atoms with Crippen LogP contribution in [0.2, 0.25) is 0 Å². The lowest BCUT2D eigenvalue weighted by Gasteiger charge is -1.93. The number of rotatable bonds is 3. The number of cyclic esters (lactones) is 1. The molecule has 82 valence electrons. The van der Waals surface area contributed by atoms with E-state index in [1.165, 1.54) is 5.56 Å². The number of benzene rings is 1. The van der Waals surface area contributed by atoms with Gasteiger partial charge in [0.15, 0.2) is 0 Å². The molecule has 2 rings (SSSR count). The molecule has 0 radical (unpaired) electrons. The third-order valence-electron chi connectivity index (χ3n) is 2.41. The quantitative estimate of drug-likeness (QED) is 0.721. The predicted molar refractivity (Wildman–Crippen MR) is 63.5 cm³/mol. The van der Waals surface area contributed by atoms with Crippen LogP contribution in [0.5, 0.6) is 0 Å². The summed E-state index contributed by atoms with van der Waals surface area (Å²) in [5, 5.41) is 0. The van der Waals surface area contributed by atoms with Crippen molar-refractivity contribution in [1.82, 2.24) is 0 Å². The molecule has 1 aliphatic rings. The topological polar surface area (TPSA) is 26.3 Å². The maximum atomic E-state index is 10.8. The van der Waals surface area contributed by atoms with Crippen molar-refractivity contribution >= 4 is 12.0 Å².